The maximum absolute atomic E-state index is 13.6. The number of halogens is 3. The monoisotopic (exact) mass is 328 g/mol. The first-order valence-electron chi connectivity index (χ1n) is 7.62. The first-order chi connectivity index (χ1) is 9.73. The molecular weight excluding hydrogens is 310 g/mol. The molecular formula is C16H19Cl2FN2. The number of aromatic nitrogens is 2. The fourth-order valence-corrected chi connectivity index (χ4v) is 6.72. The molecule has 1 heterocycles. The van der Waals surface area contributed by atoms with Crippen LogP contribution in [0.2, 0.25) is 10.3 Å². The van der Waals surface area contributed by atoms with Crippen LogP contribution < -0.4 is 0 Å². The van der Waals surface area contributed by atoms with E-state index in [1.165, 1.54) is 19.3 Å². The highest BCUT2D eigenvalue weighted by Gasteiger charge is 2.61. The van der Waals surface area contributed by atoms with Crippen LogP contribution in [0.1, 0.15) is 58.2 Å². The second-order valence-corrected chi connectivity index (χ2v) is 9.07. The van der Waals surface area contributed by atoms with Crippen LogP contribution in [0.15, 0.2) is 0 Å². The van der Waals surface area contributed by atoms with E-state index in [-0.39, 0.29) is 15.7 Å². The van der Waals surface area contributed by atoms with Crippen molar-refractivity contribution in [3.63, 3.8) is 0 Å². The topological polar surface area (TPSA) is 25.8 Å². The molecule has 0 radical (unpaired) electrons. The third kappa shape index (κ3) is 2.03. The lowest BCUT2D eigenvalue weighted by Crippen LogP contribution is -2.57. The molecule has 4 saturated carbocycles. The van der Waals surface area contributed by atoms with Crippen molar-refractivity contribution >= 4 is 23.2 Å². The van der Waals surface area contributed by atoms with Crippen molar-refractivity contribution in [1.82, 2.24) is 9.97 Å². The first kappa shape index (κ1) is 14.2. The highest BCUT2D eigenvalue weighted by molar-refractivity contribution is 6.33. The molecule has 114 valence electrons. The van der Waals surface area contributed by atoms with Crippen molar-refractivity contribution < 1.29 is 4.39 Å². The Labute approximate surface area is 134 Å². The summed E-state index contributed by atoms with van der Waals surface area (Å²) in [7, 11) is 0. The largest absolute Gasteiger partial charge is 0.217 e. The Balaban J connectivity index is 1.84. The lowest BCUT2D eigenvalue weighted by atomic mass is 9.40. The van der Waals surface area contributed by atoms with Crippen LogP contribution in [0.5, 0.6) is 0 Å². The zero-order chi connectivity index (χ0) is 15.0. The molecule has 2 unspecified atom stereocenters. The minimum atomic E-state index is -0.704. The molecule has 4 aliphatic carbocycles. The van der Waals surface area contributed by atoms with Gasteiger partial charge in [-0.3, -0.25) is 0 Å². The molecule has 1 aromatic heterocycles. The second-order valence-electron chi connectivity index (χ2n) is 8.35. The second kappa shape index (κ2) is 4.11. The van der Waals surface area contributed by atoms with Gasteiger partial charge in [0, 0.05) is 5.41 Å². The van der Waals surface area contributed by atoms with Gasteiger partial charge in [0.1, 0.15) is 5.82 Å². The van der Waals surface area contributed by atoms with Crippen molar-refractivity contribution in [2.24, 2.45) is 16.7 Å². The van der Waals surface area contributed by atoms with Crippen molar-refractivity contribution in [3.05, 3.63) is 21.9 Å². The Morgan fingerprint density at radius 3 is 1.95 bits per heavy atom. The normalized spacial score (nSPS) is 44.3. The van der Waals surface area contributed by atoms with E-state index in [1.807, 2.05) is 0 Å². The zero-order valence-electron chi connectivity index (χ0n) is 12.3. The van der Waals surface area contributed by atoms with Crippen LogP contribution in [0.25, 0.3) is 0 Å². The van der Waals surface area contributed by atoms with E-state index in [2.05, 4.69) is 23.8 Å². The Bertz CT molecular complexity index is 592. The van der Waals surface area contributed by atoms with E-state index in [4.69, 9.17) is 23.2 Å². The van der Waals surface area contributed by atoms with Gasteiger partial charge in [0.25, 0.3) is 0 Å². The van der Waals surface area contributed by atoms with Gasteiger partial charge in [0.2, 0.25) is 0 Å². The van der Waals surface area contributed by atoms with Crippen molar-refractivity contribution in [1.29, 1.82) is 0 Å². The summed E-state index contributed by atoms with van der Waals surface area (Å²) in [5.74, 6) is 0.687. The fraction of sp³-hybridized carbons (Fsp3) is 0.750. The summed E-state index contributed by atoms with van der Waals surface area (Å²) >= 11 is 11.8. The predicted octanol–water partition coefficient (Wildman–Crippen LogP) is 5.17. The van der Waals surface area contributed by atoms with E-state index in [0.717, 1.165) is 25.2 Å². The van der Waals surface area contributed by atoms with Gasteiger partial charge in [0.15, 0.2) is 16.1 Å². The molecule has 4 fully saturated rings. The molecule has 4 bridgehead atoms. The average molecular weight is 329 g/mol. The van der Waals surface area contributed by atoms with E-state index < -0.39 is 5.82 Å². The van der Waals surface area contributed by atoms with Crippen LogP contribution in [0.4, 0.5) is 4.39 Å². The van der Waals surface area contributed by atoms with Crippen LogP contribution in [-0.4, -0.2) is 9.97 Å². The van der Waals surface area contributed by atoms with Gasteiger partial charge >= 0.3 is 0 Å². The molecule has 2 nitrogen and oxygen atoms in total. The third-order valence-corrected chi connectivity index (χ3v) is 6.37. The molecule has 0 aliphatic heterocycles. The number of hydrogen-bond acceptors (Lipinski definition) is 2. The Morgan fingerprint density at radius 1 is 0.952 bits per heavy atom. The van der Waals surface area contributed by atoms with Gasteiger partial charge < -0.3 is 0 Å². The minimum Gasteiger partial charge on any atom is -0.217 e. The van der Waals surface area contributed by atoms with E-state index >= 15 is 0 Å². The van der Waals surface area contributed by atoms with Gasteiger partial charge in [-0.05, 0) is 55.3 Å². The molecule has 0 aromatic carbocycles. The first-order valence-corrected chi connectivity index (χ1v) is 8.37. The van der Waals surface area contributed by atoms with E-state index in [9.17, 15) is 4.39 Å². The van der Waals surface area contributed by atoms with Gasteiger partial charge in [-0.1, -0.05) is 37.0 Å². The van der Waals surface area contributed by atoms with Crippen LogP contribution >= 0.6 is 23.2 Å². The number of rotatable bonds is 1. The number of hydrogen-bond donors (Lipinski definition) is 0. The standard InChI is InChI=1S/C16H19Cl2FN2/c1-14-3-9-4-15(2,6-14)8-16(5-9,7-14)13-20-11(17)10(19)12(18)21-13/h9H,3-8H2,1-2H3. The van der Waals surface area contributed by atoms with Gasteiger partial charge in [-0.15, -0.1) is 0 Å². The summed E-state index contributed by atoms with van der Waals surface area (Å²) in [5.41, 5.74) is 0.639. The molecule has 2 atom stereocenters. The quantitative estimate of drug-likeness (QED) is 0.664. The highest BCUT2D eigenvalue weighted by Crippen LogP contribution is 2.69. The summed E-state index contributed by atoms with van der Waals surface area (Å²) < 4.78 is 13.6. The summed E-state index contributed by atoms with van der Waals surface area (Å²) in [6.07, 6.45) is 7.12. The number of nitrogens with zero attached hydrogens (tertiary/aromatic N) is 2. The molecule has 4 aliphatic rings. The predicted molar refractivity (Wildman–Crippen MR) is 81.1 cm³/mol. The van der Waals surface area contributed by atoms with Crippen LogP contribution in [0.3, 0.4) is 0 Å². The minimum absolute atomic E-state index is 0.0656. The molecule has 5 heteroatoms. The Hall–Kier alpha value is -0.410. The summed E-state index contributed by atoms with van der Waals surface area (Å²) in [6.45, 7) is 4.77. The lowest BCUT2D eigenvalue weighted by Gasteiger charge is -2.64. The van der Waals surface area contributed by atoms with Gasteiger partial charge in [-0.25, -0.2) is 14.4 Å². The average Bonchev–Trinajstić information content (AvgIpc) is 2.30. The maximum Gasteiger partial charge on any atom is 0.197 e. The summed E-state index contributed by atoms with van der Waals surface area (Å²) in [6, 6.07) is 0. The van der Waals surface area contributed by atoms with Crippen molar-refractivity contribution in [3.8, 4) is 0 Å². The van der Waals surface area contributed by atoms with Gasteiger partial charge in [0.05, 0.1) is 0 Å². The van der Waals surface area contributed by atoms with Crippen LogP contribution in [0, 0.1) is 22.6 Å². The highest BCUT2D eigenvalue weighted by atomic mass is 35.5. The van der Waals surface area contributed by atoms with E-state index in [1.54, 1.807) is 0 Å². The van der Waals surface area contributed by atoms with Crippen molar-refractivity contribution in [2.45, 2.75) is 57.8 Å². The SMILES string of the molecule is CC12CC3CC(C)(C1)CC(c1nc(Cl)c(F)c(Cl)n1)(C3)C2. The van der Waals surface area contributed by atoms with E-state index in [0.29, 0.717) is 16.7 Å². The Kier molecular flexibility index (Phi) is 2.78. The fourth-order valence-electron chi connectivity index (χ4n) is 6.33. The molecule has 0 spiro atoms. The van der Waals surface area contributed by atoms with Crippen LogP contribution in [-0.2, 0) is 5.41 Å². The third-order valence-electron chi connectivity index (χ3n) is 5.87. The molecule has 21 heavy (non-hydrogen) atoms. The van der Waals surface area contributed by atoms with Gasteiger partial charge in [-0.2, -0.15) is 0 Å². The molecule has 0 N–H and O–H groups in total. The maximum atomic E-state index is 13.6. The summed E-state index contributed by atoms with van der Waals surface area (Å²) in [4.78, 5) is 8.56. The Morgan fingerprint density at radius 2 is 1.48 bits per heavy atom. The van der Waals surface area contributed by atoms with Crippen molar-refractivity contribution in [2.75, 3.05) is 0 Å². The molecule has 1 aromatic rings. The zero-order valence-corrected chi connectivity index (χ0v) is 13.9. The molecule has 0 saturated heterocycles. The summed E-state index contributed by atoms with van der Waals surface area (Å²) in [5, 5.41) is -0.285. The lowest BCUT2D eigenvalue weighted by molar-refractivity contribution is -0.112. The smallest absolute Gasteiger partial charge is 0.197 e. The molecule has 5 rings (SSSR count). The molecule has 0 amide bonds.